The highest BCUT2D eigenvalue weighted by Crippen LogP contribution is 2.45. The van der Waals surface area contributed by atoms with Crippen molar-refractivity contribution in [3.8, 4) is 11.1 Å². The predicted molar refractivity (Wildman–Crippen MR) is 179 cm³/mol. The SMILES string of the molecule is CCC(C)(C)O[C@H](C(=O)O)c1c(C)nc(C)c(-c2ccc3c(c2)CCN(Cc2ccccc2C)C3)c1N1CCC(C)(C)CC1. The Morgan fingerprint density at radius 3 is 2.39 bits per heavy atom. The summed E-state index contributed by atoms with van der Waals surface area (Å²) >= 11 is 0. The van der Waals surface area contributed by atoms with Crippen LogP contribution >= 0.6 is 0 Å². The fourth-order valence-electron chi connectivity index (χ4n) is 6.73. The maximum absolute atomic E-state index is 12.9. The van der Waals surface area contributed by atoms with Gasteiger partial charge in [0.1, 0.15) is 0 Å². The second kappa shape index (κ2) is 12.6. The maximum atomic E-state index is 12.9. The van der Waals surface area contributed by atoms with Crippen molar-refractivity contribution in [2.75, 3.05) is 24.5 Å². The molecule has 0 radical (unpaired) electrons. The number of carbonyl (C=O) groups is 1. The molecule has 2 aliphatic heterocycles. The van der Waals surface area contributed by atoms with E-state index in [9.17, 15) is 9.90 Å². The van der Waals surface area contributed by atoms with Crippen LogP contribution in [0.25, 0.3) is 11.1 Å². The van der Waals surface area contributed by atoms with Gasteiger partial charge >= 0.3 is 5.97 Å². The summed E-state index contributed by atoms with van der Waals surface area (Å²) in [5.74, 6) is -0.969. The number of carboxylic acid groups (broad SMARTS) is 1. The predicted octanol–water partition coefficient (Wildman–Crippen LogP) is 8.19. The minimum absolute atomic E-state index is 0.261. The summed E-state index contributed by atoms with van der Waals surface area (Å²) in [5.41, 5.74) is 10.6. The van der Waals surface area contributed by atoms with Gasteiger partial charge in [-0.1, -0.05) is 63.2 Å². The maximum Gasteiger partial charge on any atom is 0.337 e. The molecule has 1 atom stereocenters. The molecule has 6 nitrogen and oxygen atoms in total. The third-order valence-corrected chi connectivity index (χ3v) is 10.0. The summed E-state index contributed by atoms with van der Waals surface area (Å²) in [5, 5.41) is 10.6. The number of nitrogens with zero attached hydrogens (tertiary/aromatic N) is 3. The molecular formula is C38H51N3O3. The molecule has 0 saturated carbocycles. The normalized spacial score (nSPS) is 17.8. The first-order valence-corrected chi connectivity index (χ1v) is 16.3. The Morgan fingerprint density at radius 1 is 1.02 bits per heavy atom. The zero-order valence-corrected chi connectivity index (χ0v) is 28.1. The van der Waals surface area contributed by atoms with E-state index in [1.54, 1.807) is 0 Å². The number of pyridine rings is 1. The van der Waals surface area contributed by atoms with E-state index in [2.05, 4.69) is 80.0 Å². The van der Waals surface area contributed by atoms with E-state index in [1.807, 2.05) is 27.7 Å². The second-order valence-electron chi connectivity index (χ2n) is 14.4. The molecule has 6 heteroatoms. The number of hydrogen-bond acceptors (Lipinski definition) is 5. The molecule has 1 saturated heterocycles. The number of hydrogen-bond donors (Lipinski definition) is 1. The summed E-state index contributed by atoms with van der Waals surface area (Å²) in [6, 6.07) is 15.5. The number of aryl methyl sites for hydroxylation is 3. The van der Waals surface area contributed by atoms with Crippen molar-refractivity contribution in [2.45, 2.75) is 106 Å². The van der Waals surface area contributed by atoms with Crippen molar-refractivity contribution in [3.63, 3.8) is 0 Å². The third-order valence-electron chi connectivity index (χ3n) is 10.0. The first kappa shape index (κ1) is 32.2. The lowest BCUT2D eigenvalue weighted by Gasteiger charge is -2.41. The summed E-state index contributed by atoms with van der Waals surface area (Å²) in [4.78, 5) is 22.9. The van der Waals surface area contributed by atoms with E-state index in [1.165, 1.54) is 22.3 Å². The van der Waals surface area contributed by atoms with Crippen molar-refractivity contribution in [1.82, 2.24) is 9.88 Å². The molecule has 3 aromatic rings. The Morgan fingerprint density at radius 2 is 1.73 bits per heavy atom. The second-order valence-corrected chi connectivity index (χ2v) is 14.4. The summed E-state index contributed by atoms with van der Waals surface area (Å²) < 4.78 is 6.41. The van der Waals surface area contributed by atoms with Gasteiger partial charge in [0.25, 0.3) is 0 Å². The number of rotatable bonds is 9. The van der Waals surface area contributed by atoms with Gasteiger partial charge in [-0.3, -0.25) is 9.88 Å². The quantitative estimate of drug-likeness (QED) is 0.268. The van der Waals surface area contributed by atoms with Crippen LogP contribution in [0.5, 0.6) is 0 Å². The minimum atomic E-state index is -1.10. The van der Waals surface area contributed by atoms with E-state index in [-0.39, 0.29) is 5.41 Å². The van der Waals surface area contributed by atoms with Crippen LogP contribution < -0.4 is 4.90 Å². The lowest BCUT2D eigenvalue weighted by molar-refractivity contribution is -0.162. The molecule has 3 heterocycles. The number of aromatic nitrogens is 1. The van der Waals surface area contributed by atoms with Gasteiger partial charge in [0.2, 0.25) is 0 Å². The first-order valence-electron chi connectivity index (χ1n) is 16.3. The summed E-state index contributed by atoms with van der Waals surface area (Å²) in [6.45, 7) is 21.5. The molecule has 0 bridgehead atoms. The van der Waals surface area contributed by atoms with Crippen LogP contribution in [-0.2, 0) is 29.0 Å². The minimum Gasteiger partial charge on any atom is -0.479 e. The molecule has 236 valence electrons. The van der Waals surface area contributed by atoms with Crippen LogP contribution in [-0.4, -0.2) is 46.2 Å². The van der Waals surface area contributed by atoms with Crippen LogP contribution in [0.1, 0.15) is 99.2 Å². The highest BCUT2D eigenvalue weighted by molar-refractivity contribution is 5.88. The number of aliphatic carboxylic acids is 1. The Kier molecular flexibility index (Phi) is 9.25. The van der Waals surface area contributed by atoms with Gasteiger partial charge < -0.3 is 14.7 Å². The van der Waals surface area contributed by atoms with Crippen LogP contribution in [0.4, 0.5) is 5.69 Å². The van der Waals surface area contributed by atoms with E-state index < -0.39 is 17.7 Å². The van der Waals surface area contributed by atoms with Gasteiger partial charge in [-0.25, -0.2) is 4.79 Å². The zero-order valence-electron chi connectivity index (χ0n) is 28.1. The lowest BCUT2D eigenvalue weighted by Crippen LogP contribution is -2.39. The van der Waals surface area contributed by atoms with Crippen molar-refractivity contribution < 1.29 is 14.6 Å². The first-order chi connectivity index (χ1) is 20.8. The molecular weight excluding hydrogens is 546 g/mol. The van der Waals surface area contributed by atoms with Gasteiger partial charge in [-0.05, 0) is 93.5 Å². The van der Waals surface area contributed by atoms with E-state index in [0.29, 0.717) is 12.0 Å². The Bertz CT molecular complexity index is 1520. The number of piperidine rings is 1. The fraction of sp³-hybridized carbons (Fsp3) is 0.526. The molecule has 44 heavy (non-hydrogen) atoms. The number of carboxylic acids is 1. The van der Waals surface area contributed by atoms with Crippen LogP contribution in [0.2, 0.25) is 0 Å². The topological polar surface area (TPSA) is 65.9 Å². The molecule has 1 fully saturated rings. The van der Waals surface area contributed by atoms with Gasteiger partial charge in [0, 0.05) is 55.2 Å². The molecule has 0 aliphatic carbocycles. The fourth-order valence-corrected chi connectivity index (χ4v) is 6.73. The molecule has 5 rings (SSSR count). The average Bonchev–Trinajstić information content (AvgIpc) is 2.97. The van der Waals surface area contributed by atoms with E-state index in [0.717, 1.165) is 80.2 Å². The van der Waals surface area contributed by atoms with Crippen molar-refractivity contribution >= 4 is 11.7 Å². The van der Waals surface area contributed by atoms with Crippen LogP contribution in [0.15, 0.2) is 42.5 Å². The highest BCUT2D eigenvalue weighted by atomic mass is 16.5. The van der Waals surface area contributed by atoms with Gasteiger partial charge in [-0.15, -0.1) is 0 Å². The lowest BCUT2D eigenvalue weighted by atomic mass is 9.81. The zero-order chi connectivity index (χ0) is 31.8. The smallest absolute Gasteiger partial charge is 0.337 e. The monoisotopic (exact) mass is 597 g/mol. The number of ether oxygens (including phenoxy) is 1. The third kappa shape index (κ3) is 6.87. The highest BCUT2D eigenvalue weighted by Gasteiger charge is 2.37. The molecule has 0 amide bonds. The summed E-state index contributed by atoms with van der Waals surface area (Å²) in [6.07, 6.45) is 2.69. The average molecular weight is 598 g/mol. The molecule has 0 spiro atoms. The van der Waals surface area contributed by atoms with Crippen molar-refractivity contribution in [3.05, 3.63) is 81.7 Å². The van der Waals surface area contributed by atoms with Crippen molar-refractivity contribution in [1.29, 1.82) is 0 Å². The molecule has 1 N–H and O–H groups in total. The number of benzene rings is 2. The van der Waals surface area contributed by atoms with Crippen molar-refractivity contribution in [2.24, 2.45) is 5.41 Å². The van der Waals surface area contributed by atoms with Gasteiger partial charge in [0.15, 0.2) is 6.10 Å². The Balaban J connectivity index is 1.58. The van der Waals surface area contributed by atoms with Gasteiger partial charge in [0.05, 0.1) is 11.3 Å². The van der Waals surface area contributed by atoms with Gasteiger partial charge in [-0.2, -0.15) is 0 Å². The Hall–Kier alpha value is -3.22. The van der Waals surface area contributed by atoms with Crippen LogP contribution in [0.3, 0.4) is 0 Å². The number of anilines is 1. The number of fused-ring (bicyclic) bond motifs is 1. The van der Waals surface area contributed by atoms with E-state index >= 15 is 0 Å². The van der Waals surface area contributed by atoms with Crippen LogP contribution in [0, 0.1) is 26.2 Å². The molecule has 0 unspecified atom stereocenters. The molecule has 1 aromatic heterocycles. The van der Waals surface area contributed by atoms with E-state index in [4.69, 9.17) is 9.72 Å². The molecule has 2 aliphatic rings. The largest absolute Gasteiger partial charge is 0.479 e. The Labute approximate surface area is 264 Å². The summed E-state index contributed by atoms with van der Waals surface area (Å²) in [7, 11) is 0. The molecule has 2 aromatic carbocycles. The standard InChI is InChI=1S/C38H51N3O3/c1-9-38(7,8)44-35(36(42)43)33-27(4)39-26(3)32(34(33)41-20-17-37(5,6)18-21-41)29-14-15-31-24-40(19-16-28(31)22-29)23-30-13-11-10-12-25(30)2/h10-15,22,35H,9,16-21,23-24H2,1-8H3,(H,42,43)/t35-/m0/s1.